The van der Waals surface area contributed by atoms with Gasteiger partial charge in [0.05, 0.1) is 6.10 Å². The fourth-order valence-electron chi connectivity index (χ4n) is 1.49. The van der Waals surface area contributed by atoms with E-state index in [1.807, 2.05) is 13.8 Å². The van der Waals surface area contributed by atoms with Crippen molar-refractivity contribution in [1.82, 2.24) is 0 Å². The Bertz CT molecular complexity index is 270. The van der Waals surface area contributed by atoms with Gasteiger partial charge in [0.1, 0.15) is 0 Å². The predicted octanol–water partition coefficient (Wildman–Crippen LogP) is 2.23. The molecule has 0 saturated heterocycles. The molecule has 0 unspecified atom stereocenters. The summed E-state index contributed by atoms with van der Waals surface area (Å²) in [7, 11) is 0. The molecule has 2 heteroatoms. The smallest absolute Gasteiger partial charge is 0.165 e. The molecule has 1 fully saturated rings. The van der Waals surface area contributed by atoms with Gasteiger partial charge in [-0.05, 0) is 19.3 Å². The van der Waals surface area contributed by atoms with Crippen LogP contribution in [0.25, 0.3) is 0 Å². The molecule has 1 rings (SSSR count). The summed E-state index contributed by atoms with van der Waals surface area (Å²) in [6.45, 7) is 3.73. The van der Waals surface area contributed by atoms with Crippen molar-refractivity contribution in [3.8, 4) is 0 Å². The lowest BCUT2D eigenvalue weighted by atomic mass is 9.92. The second kappa shape index (κ2) is 5.14. The number of aliphatic hydroxyl groups excluding tert-OH is 1. The first kappa shape index (κ1) is 11.2. The van der Waals surface area contributed by atoms with Gasteiger partial charge in [-0.2, -0.15) is 0 Å². The summed E-state index contributed by atoms with van der Waals surface area (Å²) in [6.07, 6.45) is 4.97. The number of aliphatic hydroxyl groups is 1. The van der Waals surface area contributed by atoms with Crippen molar-refractivity contribution < 1.29 is 9.90 Å². The van der Waals surface area contributed by atoms with Crippen LogP contribution < -0.4 is 0 Å². The molecule has 0 heterocycles. The van der Waals surface area contributed by atoms with Crippen molar-refractivity contribution in [3.63, 3.8) is 0 Å². The normalized spacial score (nSPS) is 22.0. The van der Waals surface area contributed by atoms with Gasteiger partial charge < -0.3 is 5.11 Å². The fourth-order valence-corrected chi connectivity index (χ4v) is 1.49. The molecule has 0 amide bonds. The molecule has 0 aromatic rings. The molecule has 0 radical (unpaired) electrons. The van der Waals surface area contributed by atoms with Crippen molar-refractivity contribution in [2.75, 3.05) is 0 Å². The Morgan fingerprint density at radius 1 is 1.57 bits per heavy atom. The van der Waals surface area contributed by atoms with Crippen LogP contribution >= 0.6 is 0 Å². The molecule has 14 heavy (non-hydrogen) atoms. The highest BCUT2D eigenvalue weighted by atomic mass is 16.3. The summed E-state index contributed by atoms with van der Waals surface area (Å²) >= 11 is 0. The molecular formula is C12H18O2. The number of carbonyl (C=O) groups is 1. The number of hydrogen-bond donors (Lipinski definition) is 1. The monoisotopic (exact) mass is 194 g/mol. The Labute approximate surface area is 85.3 Å². The fraction of sp³-hybridized carbons (Fsp3) is 0.667. The Hall–Kier alpha value is -0.850. The van der Waals surface area contributed by atoms with E-state index < -0.39 is 0 Å². The van der Waals surface area contributed by atoms with Crippen molar-refractivity contribution in [1.29, 1.82) is 0 Å². The van der Waals surface area contributed by atoms with Gasteiger partial charge in [-0.15, -0.1) is 5.73 Å². The summed E-state index contributed by atoms with van der Waals surface area (Å²) in [5.41, 5.74) is 3.84. The SMILES string of the molecule is CC(C)C(=O)C=C=C1CCCC[C@H]1O. The highest BCUT2D eigenvalue weighted by Gasteiger charge is 2.15. The van der Waals surface area contributed by atoms with Crippen LogP contribution in [0.2, 0.25) is 0 Å². The standard InChI is InChI=1S/C12H18O2/c1-9(2)11(13)8-7-10-5-3-4-6-12(10)14/h8-9,12,14H,3-6H2,1-2H3/t7?,12-/m1/s1. The summed E-state index contributed by atoms with van der Waals surface area (Å²) in [5.74, 6) is 0.0964. The van der Waals surface area contributed by atoms with E-state index >= 15 is 0 Å². The lowest BCUT2D eigenvalue weighted by molar-refractivity contribution is -0.117. The molecule has 1 aliphatic carbocycles. The van der Waals surface area contributed by atoms with Crippen molar-refractivity contribution in [3.05, 3.63) is 17.4 Å². The molecular weight excluding hydrogens is 176 g/mol. The number of rotatable bonds is 2. The van der Waals surface area contributed by atoms with E-state index in [9.17, 15) is 9.90 Å². The van der Waals surface area contributed by atoms with Gasteiger partial charge in [-0.1, -0.05) is 20.3 Å². The Kier molecular flexibility index (Phi) is 4.12. The number of hydrogen-bond acceptors (Lipinski definition) is 2. The zero-order valence-electron chi connectivity index (χ0n) is 8.92. The third-order valence-electron chi connectivity index (χ3n) is 2.54. The largest absolute Gasteiger partial charge is 0.388 e. The van der Waals surface area contributed by atoms with E-state index in [1.165, 1.54) is 6.08 Å². The Morgan fingerprint density at radius 3 is 2.86 bits per heavy atom. The molecule has 0 bridgehead atoms. The molecule has 0 aromatic carbocycles. The van der Waals surface area contributed by atoms with Crippen molar-refractivity contribution in [2.45, 2.75) is 45.6 Å². The molecule has 0 spiro atoms. The minimum Gasteiger partial charge on any atom is -0.388 e. The van der Waals surface area contributed by atoms with Crippen LogP contribution in [0.15, 0.2) is 17.4 Å². The minimum absolute atomic E-state index is 0.0174. The summed E-state index contributed by atoms with van der Waals surface area (Å²) in [6, 6.07) is 0. The zero-order chi connectivity index (χ0) is 10.6. The highest BCUT2D eigenvalue weighted by Crippen LogP contribution is 2.22. The molecule has 2 nitrogen and oxygen atoms in total. The minimum atomic E-state index is -0.375. The van der Waals surface area contributed by atoms with Crippen LogP contribution in [0.4, 0.5) is 0 Å². The van der Waals surface area contributed by atoms with Gasteiger partial charge >= 0.3 is 0 Å². The predicted molar refractivity (Wildman–Crippen MR) is 55.9 cm³/mol. The summed E-state index contributed by atoms with van der Waals surface area (Å²) in [4.78, 5) is 11.3. The Balaban J connectivity index is 2.70. The average Bonchev–Trinajstić information content (AvgIpc) is 2.16. The number of ketones is 1. The lowest BCUT2D eigenvalue weighted by Gasteiger charge is -2.18. The maximum atomic E-state index is 11.3. The van der Waals surface area contributed by atoms with E-state index in [0.29, 0.717) is 0 Å². The first-order valence-corrected chi connectivity index (χ1v) is 5.28. The average molecular weight is 194 g/mol. The van der Waals surface area contributed by atoms with Gasteiger partial charge in [0.2, 0.25) is 0 Å². The second-order valence-corrected chi connectivity index (χ2v) is 4.13. The van der Waals surface area contributed by atoms with Crippen molar-refractivity contribution in [2.24, 2.45) is 5.92 Å². The summed E-state index contributed by atoms with van der Waals surface area (Å²) < 4.78 is 0. The maximum Gasteiger partial charge on any atom is 0.165 e. The molecule has 0 aromatic heterocycles. The second-order valence-electron chi connectivity index (χ2n) is 4.13. The quantitative estimate of drug-likeness (QED) is 0.540. The van der Waals surface area contributed by atoms with Crippen LogP contribution in [-0.2, 0) is 4.79 Å². The van der Waals surface area contributed by atoms with E-state index in [4.69, 9.17) is 0 Å². The van der Waals surface area contributed by atoms with Crippen LogP contribution in [-0.4, -0.2) is 17.0 Å². The van der Waals surface area contributed by atoms with E-state index in [2.05, 4.69) is 5.73 Å². The van der Waals surface area contributed by atoms with Crippen LogP contribution in [0.5, 0.6) is 0 Å². The van der Waals surface area contributed by atoms with E-state index in [1.54, 1.807) is 0 Å². The third kappa shape index (κ3) is 3.13. The summed E-state index contributed by atoms with van der Waals surface area (Å²) in [5, 5.41) is 9.59. The first-order valence-electron chi connectivity index (χ1n) is 5.28. The molecule has 1 saturated carbocycles. The third-order valence-corrected chi connectivity index (χ3v) is 2.54. The topological polar surface area (TPSA) is 37.3 Å². The van der Waals surface area contributed by atoms with Crippen LogP contribution in [0.1, 0.15) is 39.5 Å². The van der Waals surface area contributed by atoms with Gasteiger partial charge in [0, 0.05) is 17.6 Å². The van der Waals surface area contributed by atoms with Gasteiger partial charge in [-0.3, -0.25) is 4.79 Å². The first-order chi connectivity index (χ1) is 6.61. The van der Waals surface area contributed by atoms with Crippen molar-refractivity contribution >= 4 is 5.78 Å². The van der Waals surface area contributed by atoms with Gasteiger partial charge in [0.25, 0.3) is 0 Å². The van der Waals surface area contributed by atoms with Crippen LogP contribution in [0, 0.1) is 5.92 Å². The molecule has 1 atom stereocenters. The molecule has 0 aliphatic heterocycles. The molecule has 78 valence electrons. The highest BCUT2D eigenvalue weighted by molar-refractivity contribution is 5.91. The van der Waals surface area contributed by atoms with E-state index in [-0.39, 0.29) is 17.8 Å². The van der Waals surface area contributed by atoms with Gasteiger partial charge in [0.15, 0.2) is 5.78 Å². The maximum absolute atomic E-state index is 11.3. The molecule has 1 aliphatic rings. The lowest BCUT2D eigenvalue weighted by Crippen LogP contribution is -2.14. The van der Waals surface area contributed by atoms with E-state index in [0.717, 1.165) is 31.3 Å². The zero-order valence-corrected chi connectivity index (χ0v) is 8.92. The van der Waals surface area contributed by atoms with Gasteiger partial charge in [-0.25, -0.2) is 0 Å². The Morgan fingerprint density at radius 2 is 2.29 bits per heavy atom. The number of carbonyl (C=O) groups excluding carboxylic acids is 1. The van der Waals surface area contributed by atoms with Crippen LogP contribution in [0.3, 0.4) is 0 Å². The molecule has 1 N–H and O–H groups in total.